The molecule has 1 saturated heterocycles. The summed E-state index contributed by atoms with van der Waals surface area (Å²) in [6.45, 7) is 5.54. The summed E-state index contributed by atoms with van der Waals surface area (Å²) in [5, 5.41) is 8.31. The number of rotatable bonds is 8. The van der Waals surface area contributed by atoms with E-state index in [0.717, 1.165) is 48.9 Å². The summed E-state index contributed by atoms with van der Waals surface area (Å²) in [6.07, 6.45) is 7.10. The van der Waals surface area contributed by atoms with Crippen LogP contribution in [0.2, 0.25) is 0 Å². The van der Waals surface area contributed by atoms with Crippen molar-refractivity contribution in [2.24, 2.45) is 0 Å². The number of nitrogens with one attached hydrogen (secondary N) is 1. The number of aromatic nitrogens is 5. The van der Waals surface area contributed by atoms with Gasteiger partial charge in [0.05, 0.1) is 11.6 Å². The third-order valence-corrected chi connectivity index (χ3v) is 6.49. The quantitative estimate of drug-likeness (QED) is 0.430. The first kappa shape index (κ1) is 22.1. The minimum absolute atomic E-state index is 0.131. The van der Waals surface area contributed by atoms with E-state index in [2.05, 4.69) is 44.1 Å². The predicted molar refractivity (Wildman–Crippen MR) is 130 cm³/mol. The molecule has 0 radical (unpaired) electrons. The number of carbonyl (C=O) groups is 1. The number of amides is 1. The summed E-state index contributed by atoms with van der Waals surface area (Å²) < 4.78 is 8.14. The Bertz CT molecular complexity index is 1300. The molecule has 0 unspecified atom stereocenters. The van der Waals surface area contributed by atoms with Gasteiger partial charge < -0.3 is 15.0 Å². The van der Waals surface area contributed by atoms with E-state index >= 15 is 0 Å². The van der Waals surface area contributed by atoms with Gasteiger partial charge in [0.15, 0.2) is 0 Å². The van der Waals surface area contributed by atoms with Gasteiger partial charge >= 0.3 is 0 Å². The van der Waals surface area contributed by atoms with E-state index in [1.54, 1.807) is 16.8 Å². The van der Waals surface area contributed by atoms with Crippen molar-refractivity contribution in [2.45, 2.75) is 51.6 Å². The molecule has 4 aromatic rings. The standard InChI is InChI=1S/C25H29N7O2/c1-3-17(4-2)29-24(33)21-14-22(19-9-5-6-10-20(19)30-21)34-15-18-8-7-13-31(18)23-11-12-26-25-27-16-28-32(23)25/h5-6,9-12,14,16-18H,3-4,7-8,13,15H2,1-2H3,(H,29,33)/t18-/m1/s1. The van der Waals surface area contributed by atoms with Crippen LogP contribution in [0.1, 0.15) is 50.0 Å². The Kier molecular flexibility index (Phi) is 6.24. The van der Waals surface area contributed by atoms with E-state index in [4.69, 9.17) is 4.74 Å². The van der Waals surface area contributed by atoms with Crippen LogP contribution in [0, 0.1) is 0 Å². The molecular formula is C25H29N7O2. The van der Waals surface area contributed by atoms with Crippen LogP contribution >= 0.6 is 0 Å². The Morgan fingerprint density at radius 1 is 1.21 bits per heavy atom. The fourth-order valence-corrected chi connectivity index (χ4v) is 4.57. The number of nitrogens with zero attached hydrogens (tertiary/aromatic N) is 6. The van der Waals surface area contributed by atoms with Crippen molar-refractivity contribution in [3.05, 3.63) is 54.6 Å². The molecule has 5 rings (SSSR count). The fourth-order valence-electron chi connectivity index (χ4n) is 4.57. The Morgan fingerprint density at radius 3 is 2.91 bits per heavy atom. The third kappa shape index (κ3) is 4.25. The Hall–Kier alpha value is -3.75. The molecular weight excluding hydrogens is 430 g/mol. The summed E-state index contributed by atoms with van der Waals surface area (Å²) in [5.41, 5.74) is 1.12. The molecule has 9 heteroatoms. The first-order valence-corrected chi connectivity index (χ1v) is 11.9. The Morgan fingerprint density at radius 2 is 2.06 bits per heavy atom. The molecule has 176 valence electrons. The largest absolute Gasteiger partial charge is 0.491 e. The lowest BCUT2D eigenvalue weighted by atomic mass is 10.1. The zero-order chi connectivity index (χ0) is 23.5. The Labute approximate surface area is 198 Å². The van der Waals surface area contributed by atoms with E-state index in [9.17, 15) is 4.79 Å². The van der Waals surface area contributed by atoms with Crippen molar-refractivity contribution in [3.8, 4) is 5.75 Å². The molecule has 9 nitrogen and oxygen atoms in total. The molecule has 0 spiro atoms. The van der Waals surface area contributed by atoms with Crippen LogP contribution in [-0.2, 0) is 0 Å². The van der Waals surface area contributed by atoms with Crippen molar-refractivity contribution in [1.29, 1.82) is 0 Å². The minimum Gasteiger partial charge on any atom is -0.491 e. The van der Waals surface area contributed by atoms with Crippen LogP contribution in [0.3, 0.4) is 0 Å². The van der Waals surface area contributed by atoms with Crippen LogP contribution in [0.15, 0.2) is 48.9 Å². The zero-order valence-corrected chi connectivity index (χ0v) is 19.5. The van der Waals surface area contributed by atoms with Gasteiger partial charge in [0.1, 0.15) is 30.2 Å². The second-order valence-electron chi connectivity index (χ2n) is 8.58. The summed E-state index contributed by atoms with van der Waals surface area (Å²) in [6, 6.07) is 11.8. The number of benzene rings is 1. The molecule has 4 heterocycles. The van der Waals surface area contributed by atoms with Gasteiger partial charge in [-0.3, -0.25) is 4.79 Å². The van der Waals surface area contributed by atoms with Crippen LogP contribution in [0.5, 0.6) is 5.75 Å². The van der Waals surface area contributed by atoms with E-state index in [0.29, 0.717) is 23.8 Å². The minimum atomic E-state index is -0.169. The highest BCUT2D eigenvalue weighted by molar-refractivity contribution is 5.97. The average molecular weight is 460 g/mol. The molecule has 0 aliphatic carbocycles. The number of ether oxygens (including phenoxy) is 1. The van der Waals surface area contributed by atoms with Gasteiger partial charge in [-0.2, -0.15) is 14.6 Å². The summed E-state index contributed by atoms with van der Waals surface area (Å²) in [7, 11) is 0. The lowest BCUT2D eigenvalue weighted by Gasteiger charge is -2.27. The summed E-state index contributed by atoms with van der Waals surface area (Å²) in [5.74, 6) is 2.04. The molecule has 3 aromatic heterocycles. The number of hydrogen-bond donors (Lipinski definition) is 1. The van der Waals surface area contributed by atoms with Gasteiger partial charge in [0.25, 0.3) is 11.7 Å². The average Bonchev–Trinajstić information content (AvgIpc) is 3.55. The highest BCUT2D eigenvalue weighted by atomic mass is 16.5. The van der Waals surface area contributed by atoms with Crippen molar-refractivity contribution in [1.82, 2.24) is 29.9 Å². The van der Waals surface area contributed by atoms with Gasteiger partial charge in [0, 0.05) is 30.2 Å². The van der Waals surface area contributed by atoms with E-state index < -0.39 is 0 Å². The second kappa shape index (κ2) is 9.62. The molecule has 1 aromatic carbocycles. The predicted octanol–water partition coefficient (Wildman–Crippen LogP) is 3.64. The normalized spacial score (nSPS) is 16.0. The van der Waals surface area contributed by atoms with Crippen molar-refractivity contribution in [2.75, 3.05) is 18.1 Å². The number of anilines is 1. The molecule has 1 N–H and O–H groups in total. The van der Waals surface area contributed by atoms with Gasteiger partial charge in [-0.15, -0.1) is 0 Å². The monoisotopic (exact) mass is 459 g/mol. The summed E-state index contributed by atoms with van der Waals surface area (Å²) >= 11 is 0. The van der Waals surface area contributed by atoms with Crippen LogP contribution in [-0.4, -0.2) is 55.7 Å². The third-order valence-electron chi connectivity index (χ3n) is 6.49. The van der Waals surface area contributed by atoms with Gasteiger partial charge in [-0.25, -0.2) is 9.97 Å². The number of para-hydroxylation sites is 1. The van der Waals surface area contributed by atoms with Crippen LogP contribution in [0.25, 0.3) is 16.7 Å². The highest BCUT2D eigenvalue weighted by Gasteiger charge is 2.28. The zero-order valence-electron chi connectivity index (χ0n) is 19.5. The molecule has 1 amide bonds. The molecule has 1 aliphatic rings. The second-order valence-corrected chi connectivity index (χ2v) is 8.58. The fraction of sp³-hybridized carbons (Fsp3) is 0.400. The maximum atomic E-state index is 12.9. The maximum absolute atomic E-state index is 12.9. The van der Waals surface area contributed by atoms with Crippen molar-refractivity contribution < 1.29 is 9.53 Å². The molecule has 1 atom stereocenters. The lowest BCUT2D eigenvalue weighted by molar-refractivity contribution is 0.0929. The first-order valence-electron chi connectivity index (χ1n) is 11.9. The molecule has 1 aliphatic heterocycles. The van der Waals surface area contributed by atoms with Gasteiger partial charge in [-0.05, 0) is 43.9 Å². The maximum Gasteiger partial charge on any atom is 0.270 e. The van der Waals surface area contributed by atoms with Gasteiger partial charge in [-0.1, -0.05) is 26.0 Å². The topological polar surface area (TPSA) is 97.5 Å². The number of fused-ring (bicyclic) bond motifs is 2. The molecule has 0 bridgehead atoms. The SMILES string of the molecule is CCC(CC)NC(=O)c1cc(OC[C@H]2CCCN2c2ccnc3ncnn23)c2ccccc2n1. The van der Waals surface area contributed by atoms with Crippen LogP contribution < -0.4 is 15.0 Å². The molecule has 34 heavy (non-hydrogen) atoms. The van der Waals surface area contributed by atoms with E-state index in [1.807, 2.05) is 30.3 Å². The highest BCUT2D eigenvalue weighted by Crippen LogP contribution is 2.29. The molecule has 0 saturated carbocycles. The van der Waals surface area contributed by atoms with Gasteiger partial charge in [0.2, 0.25) is 0 Å². The van der Waals surface area contributed by atoms with E-state index in [1.165, 1.54) is 6.33 Å². The lowest BCUT2D eigenvalue weighted by Crippen LogP contribution is -2.36. The van der Waals surface area contributed by atoms with Crippen molar-refractivity contribution in [3.63, 3.8) is 0 Å². The van der Waals surface area contributed by atoms with Crippen LogP contribution in [0.4, 0.5) is 5.82 Å². The Balaban J connectivity index is 1.40. The van der Waals surface area contributed by atoms with Crippen molar-refractivity contribution >= 4 is 28.4 Å². The molecule has 1 fully saturated rings. The number of hydrogen-bond acceptors (Lipinski definition) is 7. The first-order chi connectivity index (χ1) is 16.7. The number of pyridine rings is 1. The smallest absolute Gasteiger partial charge is 0.270 e. The summed E-state index contributed by atoms with van der Waals surface area (Å²) in [4.78, 5) is 28.3. The van der Waals surface area contributed by atoms with E-state index in [-0.39, 0.29) is 18.0 Å². The number of carbonyl (C=O) groups excluding carboxylic acids is 1.